The number of nitrogens with one attached hydrogen (secondary N) is 2. The van der Waals surface area contributed by atoms with Gasteiger partial charge in [-0.05, 0) is 13.3 Å². The molecule has 0 aromatic heterocycles. The molecule has 0 bridgehead atoms. The van der Waals surface area contributed by atoms with Gasteiger partial charge in [0.2, 0.25) is 0 Å². The molecule has 0 radical (unpaired) electrons. The number of hydrogen-bond acceptors (Lipinski definition) is 2. The van der Waals surface area contributed by atoms with E-state index in [2.05, 4.69) is 10.2 Å². The third-order valence-corrected chi connectivity index (χ3v) is 5.42. The van der Waals surface area contributed by atoms with Crippen molar-refractivity contribution in [2.45, 2.75) is 19.4 Å². The van der Waals surface area contributed by atoms with E-state index in [-0.39, 0.29) is 0 Å². The van der Waals surface area contributed by atoms with Gasteiger partial charge in [0.1, 0.15) is 0 Å². The van der Waals surface area contributed by atoms with Crippen molar-refractivity contribution in [3.8, 4) is 0 Å². The van der Waals surface area contributed by atoms with Crippen LogP contribution in [0.15, 0.2) is 0 Å². The summed E-state index contributed by atoms with van der Waals surface area (Å²) in [6.07, 6.45) is 0.0748. The van der Waals surface area contributed by atoms with Crippen LogP contribution in [0.3, 0.4) is 0 Å². The summed E-state index contributed by atoms with van der Waals surface area (Å²) in [5.74, 6) is 1.08. The predicted octanol–water partition coefficient (Wildman–Crippen LogP) is 2.06. The molecule has 0 saturated carbocycles. The van der Waals surface area contributed by atoms with Crippen molar-refractivity contribution in [3.63, 3.8) is 0 Å². The van der Waals surface area contributed by atoms with E-state index < -0.39 is 13.7 Å². The summed E-state index contributed by atoms with van der Waals surface area (Å²) >= 11 is 17.1. The SMILES string of the molecule is CC(O)CCNP(=O)(NCCCl)N(CCCl)CCCl. The van der Waals surface area contributed by atoms with Crippen LogP contribution in [0.5, 0.6) is 0 Å². The Labute approximate surface area is 130 Å². The number of halogens is 3. The summed E-state index contributed by atoms with van der Waals surface area (Å²) in [6, 6.07) is 0. The quantitative estimate of drug-likeness (QED) is 0.370. The highest BCUT2D eigenvalue weighted by Gasteiger charge is 2.28. The van der Waals surface area contributed by atoms with E-state index in [1.165, 1.54) is 0 Å². The molecule has 9 heteroatoms. The molecule has 0 aliphatic carbocycles. The topological polar surface area (TPSA) is 64.6 Å². The number of rotatable bonds is 12. The van der Waals surface area contributed by atoms with Crippen molar-refractivity contribution in [3.05, 3.63) is 0 Å². The molecule has 2 atom stereocenters. The maximum Gasteiger partial charge on any atom is 0.281 e. The lowest BCUT2D eigenvalue weighted by Crippen LogP contribution is -2.39. The van der Waals surface area contributed by atoms with Gasteiger partial charge in [-0.25, -0.2) is 14.8 Å². The molecular formula is C10H23Cl3N3O2P. The monoisotopic (exact) mass is 353 g/mol. The summed E-state index contributed by atoms with van der Waals surface area (Å²) in [6.45, 7) is 3.46. The van der Waals surface area contributed by atoms with Crippen molar-refractivity contribution >= 4 is 42.4 Å². The molecule has 3 N–H and O–H groups in total. The van der Waals surface area contributed by atoms with E-state index in [4.69, 9.17) is 34.8 Å². The second kappa shape index (κ2) is 11.6. The highest BCUT2D eigenvalue weighted by molar-refractivity contribution is 7.57. The van der Waals surface area contributed by atoms with E-state index in [0.717, 1.165) is 0 Å². The van der Waals surface area contributed by atoms with E-state index in [0.29, 0.717) is 50.2 Å². The zero-order valence-electron chi connectivity index (χ0n) is 11.1. The fourth-order valence-electron chi connectivity index (χ4n) is 1.46. The van der Waals surface area contributed by atoms with Gasteiger partial charge in [0, 0.05) is 43.8 Å². The first-order valence-corrected chi connectivity index (χ1v) is 9.48. The zero-order valence-corrected chi connectivity index (χ0v) is 14.3. The van der Waals surface area contributed by atoms with Crippen molar-refractivity contribution in [2.24, 2.45) is 0 Å². The molecule has 2 unspecified atom stereocenters. The highest BCUT2D eigenvalue weighted by atomic mass is 35.5. The molecule has 0 aromatic rings. The number of hydrogen-bond donors (Lipinski definition) is 3. The maximum atomic E-state index is 12.9. The molecule has 0 saturated heterocycles. The summed E-state index contributed by atoms with van der Waals surface area (Å²) in [7, 11) is -2.97. The largest absolute Gasteiger partial charge is 0.393 e. The van der Waals surface area contributed by atoms with E-state index >= 15 is 0 Å². The van der Waals surface area contributed by atoms with Gasteiger partial charge in [0.15, 0.2) is 0 Å². The third kappa shape index (κ3) is 8.74. The molecule has 0 rings (SSSR count). The standard InChI is InChI=1S/C10H23Cl3N3O2P/c1-10(17)2-6-14-19(18,15-7-3-11)16(8-4-12)9-5-13/h10,17H,2-9H2,1H3,(H2,14,15,18). The van der Waals surface area contributed by atoms with Crippen molar-refractivity contribution < 1.29 is 9.67 Å². The van der Waals surface area contributed by atoms with Crippen molar-refractivity contribution in [2.75, 3.05) is 43.8 Å². The van der Waals surface area contributed by atoms with Crippen LogP contribution in [0.2, 0.25) is 0 Å². The van der Waals surface area contributed by atoms with Crippen LogP contribution in [0.1, 0.15) is 13.3 Å². The molecule has 0 fully saturated rings. The number of aliphatic hydroxyl groups is 1. The van der Waals surface area contributed by atoms with E-state index in [1.54, 1.807) is 11.6 Å². The van der Waals surface area contributed by atoms with E-state index in [9.17, 15) is 9.67 Å². The number of alkyl halides is 3. The second-order valence-corrected chi connectivity index (χ2v) is 7.53. The van der Waals surface area contributed by atoms with Gasteiger partial charge in [-0.1, -0.05) is 0 Å². The van der Waals surface area contributed by atoms with Gasteiger partial charge in [-0.3, -0.25) is 4.57 Å². The van der Waals surface area contributed by atoms with Gasteiger partial charge < -0.3 is 5.11 Å². The molecule has 19 heavy (non-hydrogen) atoms. The Hall–Kier alpha value is 0.940. The Morgan fingerprint density at radius 2 is 1.63 bits per heavy atom. The van der Waals surface area contributed by atoms with Crippen molar-refractivity contribution in [1.82, 2.24) is 14.8 Å². The van der Waals surface area contributed by atoms with Gasteiger partial charge in [0.05, 0.1) is 6.10 Å². The highest BCUT2D eigenvalue weighted by Crippen LogP contribution is 2.40. The Kier molecular flexibility index (Phi) is 12.2. The fourth-order valence-corrected chi connectivity index (χ4v) is 4.46. The first kappa shape index (κ1) is 19.9. The molecular weight excluding hydrogens is 331 g/mol. The summed E-state index contributed by atoms with van der Waals surface area (Å²) in [4.78, 5) is 0. The Morgan fingerprint density at radius 3 is 2.05 bits per heavy atom. The Bertz CT molecular complexity index is 266. The molecule has 0 heterocycles. The zero-order chi connectivity index (χ0) is 14.7. The normalized spacial score (nSPS) is 16.5. The average Bonchev–Trinajstić information content (AvgIpc) is 2.35. The van der Waals surface area contributed by atoms with Crippen LogP contribution < -0.4 is 10.2 Å². The minimum Gasteiger partial charge on any atom is -0.393 e. The van der Waals surface area contributed by atoms with Gasteiger partial charge >= 0.3 is 0 Å². The molecule has 0 amide bonds. The van der Waals surface area contributed by atoms with Crippen LogP contribution in [0.25, 0.3) is 0 Å². The number of nitrogens with zero attached hydrogens (tertiary/aromatic N) is 1. The second-order valence-electron chi connectivity index (χ2n) is 4.05. The minimum atomic E-state index is -2.97. The number of aliphatic hydroxyl groups excluding tert-OH is 1. The smallest absolute Gasteiger partial charge is 0.281 e. The lowest BCUT2D eigenvalue weighted by atomic mass is 10.3. The Morgan fingerprint density at radius 1 is 1.11 bits per heavy atom. The first-order valence-electron chi connectivity index (χ1n) is 6.21. The van der Waals surface area contributed by atoms with Crippen LogP contribution in [0.4, 0.5) is 0 Å². The lowest BCUT2D eigenvalue weighted by Gasteiger charge is -2.31. The fraction of sp³-hybridized carbons (Fsp3) is 1.00. The van der Waals surface area contributed by atoms with Gasteiger partial charge in [-0.15, -0.1) is 34.8 Å². The van der Waals surface area contributed by atoms with Crippen LogP contribution in [-0.4, -0.2) is 59.7 Å². The van der Waals surface area contributed by atoms with E-state index in [1.807, 2.05) is 0 Å². The molecule has 5 nitrogen and oxygen atoms in total. The van der Waals surface area contributed by atoms with Crippen LogP contribution >= 0.6 is 42.4 Å². The molecule has 0 aliphatic heterocycles. The third-order valence-electron chi connectivity index (χ3n) is 2.39. The lowest BCUT2D eigenvalue weighted by molar-refractivity contribution is 0.185. The van der Waals surface area contributed by atoms with Crippen LogP contribution in [0, 0.1) is 0 Å². The van der Waals surface area contributed by atoms with Crippen molar-refractivity contribution in [1.29, 1.82) is 0 Å². The Balaban J connectivity index is 4.64. The minimum absolute atomic E-state index is 0.359. The predicted molar refractivity (Wildman–Crippen MR) is 83.6 cm³/mol. The average molecular weight is 355 g/mol. The summed E-state index contributed by atoms with van der Waals surface area (Å²) < 4.78 is 14.6. The molecule has 0 aromatic carbocycles. The summed E-state index contributed by atoms with van der Waals surface area (Å²) in [5.41, 5.74) is 0. The van der Waals surface area contributed by atoms with Crippen LogP contribution in [-0.2, 0) is 4.57 Å². The van der Waals surface area contributed by atoms with Gasteiger partial charge in [0.25, 0.3) is 7.59 Å². The molecule has 0 spiro atoms. The van der Waals surface area contributed by atoms with Gasteiger partial charge in [-0.2, -0.15) is 0 Å². The summed E-state index contributed by atoms with van der Waals surface area (Å²) in [5, 5.41) is 15.1. The molecule has 0 aliphatic rings. The first-order chi connectivity index (χ1) is 9.00. The maximum absolute atomic E-state index is 12.9. The molecule has 116 valence electrons.